The highest BCUT2D eigenvalue weighted by atomic mass is 32.2. The lowest BCUT2D eigenvalue weighted by atomic mass is 10.1. The van der Waals surface area contributed by atoms with Crippen LogP contribution < -0.4 is 20.5 Å². The Bertz CT molecular complexity index is 751. The summed E-state index contributed by atoms with van der Waals surface area (Å²) < 4.78 is 10.8. The van der Waals surface area contributed by atoms with Crippen molar-refractivity contribution in [3.8, 4) is 11.5 Å². The predicted octanol–water partition coefficient (Wildman–Crippen LogP) is 3.43. The second-order valence-corrected chi connectivity index (χ2v) is 7.04. The normalized spacial score (nSPS) is 13.5. The van der Waals surface area contributed by atoms with Crippen LogP contribution >= 0.6 is 11.8 Å². The fourth-order valence-electron chi connectivity index (χ4n) is 2.68. The van der Waals surface area contributed by atoms with E-state index in [0.717, 1.165) is 34.9 Å². The summed E-state index contributed by atoms with van der Waals surface area (Å²) in [6.45, 7) is 2.46. The number of fused-ring (bicyclic) bond motifs is 1. The minimum Gasteiger partial charge on any atom is -0.454 e. The van der Waals surface area contributed by atoms with Crippen LogP contribution in [0.25, 0.3) is 0 Å². The van der Waals surface area contributed by atoms with E-state index in [1.54, 1.807) is 0 Å². The molecule has 1 atom stereocenters. The molecular formula is C19H22N2O3S. The Kier molecular flexibility index (Phi) is 5.71. The number of carbonyl (C=O) groups is 1. The van der Waals surface area contributed by atoms with E-state index < -0.39 is 0 Å². The minimum absolute atomic E-state index is 0.282. The zero-order valence-corrected chi connectivity index (χ0v) is 15.0. The summed E-state index contributed by atoms with van der Waals surface area (Å²) in [4.78, 5) is 12.0. The summed E-state index contributed by atoms with van der Waals surface area (Å²) in [5.41, 5.74) is 7.51. The van der Waals surface area contributed by atoms with Crippen LogP contribution in [0.1, 0.15) is 18.9 Å². The van der Waals surface area contributed by atoms with Gasteiger partial charge >= 0.3 is 0 Å². The molecule has 132 valence electrons. The van der Waals surface area contributed by atoms with Gasteiger partial charge in [0.25, 0.3) is 0 Å². The highest BCUT2D eigenvalue weighted by molar-refractivity contribution is 8.00. The van der Waals surface area contributed by atoms with Gasteiger partial charge in [-0.2, -0.15) is 0 Å². The number of ether oxygens (including phenoxy) is 2. The number of primary amides is 1. The average Bonchev–Trinajstić information content (AvgIpc) is 3.07. The largest absolute Gasteiger partial charge is 0.454 e. The van der Waals surface area contributed by atoms with E-state index in [4.69, 9.17) is 15.2 Å². The lowest BCUT2D eigenvalue weighted by Crippen LogP contribution is -2.17. The third kappa shape index (κ3) is 4.82. The van der Waals surface area contributed by atoms with Crippen molar-refractivity contribution < 1.29 is 14.3 Å². The van der Waals surface area contributed by atoms with Crippen LogP contribution in [0.2, 0.25) is 0 Å². The van der Waals surface area contributed by atoms with E-state index in [1.807, 2.05) is 36.4 Å². The molecule has 1 amide bonds. The third-order valence-electron chi connectivity index (χ3n) is 3.96. The molecule has 3 N–H and O–H groups in total. The zero-order valence-electron chi connectivity index (χ0n) is 14.2. The van der Waals surface area contributed by atoms with E-state index in [2.05, 4.69) is 18.3 Å². The van der Waals surface area contributed by atoms with Gasteiger partial charge in [0.15, 0.2) is 11.5 Å². The Hall–Kier alpha value is -2.34. The Morgan fingerprint density at radius 1 is 1.24 bits per heavy atom. The molecule has 0 saturated heterocycles. The van der Waals surface area contributed by atoms with Crippen molar-refractivity contribution in [2.45, 2.75) is 30.7 Å². The van der Waals surface area contributed by atoms with E-state index in [-0.39, 0.29) is 11.7 Å². The van der Waals surface area contributed by atoms with Gasteiger partial charge in [-0.3, -0.25) is 4.79 Å². The van der Waals surface area contributed by atoms with Crippen molar-refractivity contribution in [3.05, 3.63) is 48.0 Å². The van der Waals surface area contributed by atoms with Crippen LogP contribution in [-0.4, -0.2) is 24.5 Å². The molecule has 0 bridgehead atoms. The first-order chi connectivity index (χ1) is 12.1. The van der Waals surface area contributed by atoms with Gasteiger partial charge < -0.3 is 20.5 Å². The number of carbonyl (C=O) groups excluding carboxylic acids is 1. The molecule has 2 aromatic carbocycles. The minimum atomic E-state index is -0.310. The summed E-state index contributed by atoms with van der Waals surface area (Å²) in [6, 6.07) is 14.4. The molecule has 0 saturated carbocycles. The van der Waals surface area contributed by atoms with Crippen molar-refractivity contribution in [1.29, 1.82) is 0 Å². The second kappa shape index (κ2) is 8.16. The molecule has 5 nitrogen and oxygen atoms in total. The molecule has 0 spiro atoms. The van der Waals surface area contributed by atoms with Gasteiger partial charge in [-0.15, -0.1) is 11.8 Å². The molecule has 0 fully saturated rings. The Morgan fingerprint density at radius 3 is 2.88 bits per heavy atom. The molecule has 0 aliphatic carbocycles. The molecule has 6 heteroatoms. The van der Waals surface area contributed by atoms with Crippen molar-refractivity contribution in [2.75, 3.05) is 17.9 Å². The monoisotopic (exact) mass is 358 g/mol. The van der Waals surface area contributed by atoms with Crippen LogP contribution in [-0.2, 0) is 11.2 Å². The molecule has 3 rings (SSSR count). The smallest absolute Gasteiger partial charge is 0.231 e. The number of benzene rings is 2. The quantitative estimate of drug-likeness (QED) is 0.707. The highest BCUT2D eigenvalue weighted by Crippen LogP contribution is 2.33. The van der Waals surface area contributed by atoms with Crippen molar-refractivity contribution in [1.82, 2.24) is 0 Å². The SMILES string of the molecule is CC(CCc1ccc2c(c1)OCO2)Nc1ccccc1SCC(N)=O. The van der Waals surface area contributed by atoms with Crippen LogP contribution in [0.15, 0.2) is 47.4 Å². The zero-order chi connectivity index (χ0) is 17.6. The van der Waals surface area contributed by atoms with Crippen LogP contribution in [0.3, 0.4) is 0 Å². The molecule has 1 heterocycles. The maximum absolute atomic E-state index is 11.0. The van der Waals surface area contributed by atoms with E-state index in [9.17, 15) is 4.79 Å². The summed E-state index contributed by atoms with van der Waals surface area (Å²) in [5, 5.41) is 3.53. The number of nitrogens with two attached hydrogens (primary N) is 1. The number of para-hydroxylation sites is 1. The molecule has 0 aromatic heterocycles. The standard InChI is InChI=1S/C19H22N2O3S/c1-13(6-7-14-8-9-16-17(10-14)24-12-23-16)21-15-4-2-3-5-18(15)25-11-19(20)22/h2-5,8-10,13,21H,6-7,11-12H2,1H3,(H2,20,22). The number of nitrogens with one attached hydrogen (secondary N) is 1. The Morgan fingerprint density at radius 2 is 2.04 bits per heavy atom. The van der Waals surface area contributed by atoms with Crippen LogP contribution in [0.5, 0.6) is 11.5 Å². The number of aryl methyl sites for hydroxylation is 1. The van der Waals surface area contributed by atoms with Crippen molar-refractivity contribution >= 4 is 23.4 Å². The fourth-order valence-corrected chi connectivity index (χ4v) is 3.43. The van der Waals surface area contributed by atoms with E-state index >= 15 is 0 Å². The summed E-state index contributed by atoms with van der Waals surface area (Å²) in [5.74, 6) is 1.61. The molecule has 0 radical (unpaired) electrons. The van der Waals surface area contributed by atoms with Gasteiger partial charge in [-0.05, 0) is 49.6 Å². The number of hydrogen-bond donors (Lipinski definition) is 2. The van der Waals surface area contributed by atoms with Gasteiger partial charge in [0, 0.05) is 16.6 Å². The molecule has 1 aliphatic rings. The van der Waals surface area contributed by atoms with Crippen LogP contribution in [0.4, 0.5) is 5.69 Å². The molecule has 2 aromatic rings. The van der Waals surface area contributed by atoms with E-state index in [1.165, 1.54) is 17.3 Å². The van der Waals surface area contributed by atoms with Crippen molar-refractivity contribution in [2.24, 2.45) is 5.73 Å². The summed E-state index contributed by atoms with van der Waals surface area (Å²) in [7, 11) is 0. The number of anilines is 1. The molecule has 1 unspecified atom stereocenters. The number of hydrogen-bond acceptors (Lipinski definition) is 5. The highest BCUT2D eigenvalue weighted by Gasteiger charge is 2.14. The lowest BCUT2D eigenvalue weighted by molar-refractivity contribution is -0.115. The topological polar surface area (TPSA) is 73.6 Å². The Labute approximate surface area is 151 Å². The van der Waals surface area contributed by atoms with Crippen LogP contribution in [0, 0.1) is 0 Å². The van der Waals surface area contributed by atoms with Gasteiger partial charge in [-0.1, -0.05) is 18.2 Å². The maximum atomic E-state index is 11.0. The van der Waals surface area contributed by atoms with E-state index in [0.29, 0.717) is 12.8 Å². The number of amides is 1. The number of rotatable bonds is 8. The first kappa shape index (κ1) is 17.5. The molecule has 1 aliphatic heterocycles. The van der Waals surface area contributed by atoms with Gasteiger partial charge in [-0.25, -0.2) is 0 Å². The summed E-state index contributed by atoms with van der Waals surface area (Å²) in [6.07, 6.45) is 1.93. The predicted molar refractivity (Wildman–Crippen MR) is 100 cm³/mol. The van der Waals surface area contributed by atoms with Gasteiger partial charge in [0.2, 0.25) is 12.7 Å². The van der Waals surface area contributed by atoms with Gasteiger partial charge in [0.1, 0.15) is 0 Å². The third-order valence-corrected chi connectivity index (χ3v) is 5.06. The number of thioether (sulfide) groups is 1. The fraction of sp³-hybridized carbons (Fsp3) is 0.316. The second-order valence-electron chi connectivity index (χ2n) is 6.02. The van der Waals surface area contributed by atoms with Crippen molar-refractivity contribution in [3.63, 3.8) is 0 Å². The first-order valence-corrected chi connectivity index (χ1v) is 9.25. The Balaban J connectivity index is 1.56. The molecule has 25 heavy (non-hydrogen) atoms. The molecular weight excluding hydrogens is 336 g/mol. The lowest BCUT2D eigenvalue weighted by Gasteiger charge is -2.18. The maximum Gasteiger partial charge on any atom is 0.231 e. The summed E-state index contributed by atoms with van der Waals surface area (Å²) >= 11 is 1.46. The average molecular weight is 358 g/mol. The van der Waals surface area contributed by atoms with Gasteiger partial charge in [0.05, 0.1) is 5.75 Å². The first-order valence-electron chi connectivity index (χ1n) is 8.27.